The lowest BCUT2D eigenvalue weighted by Crippen LogP contribution is -2.53. The normalized spacial score (nSPS) is 21.1. The van der Waals surface area contributed by atoms with Crippen molar-refractivity contribution in [3.8, 4) is 0 Å². The van der Waals surface area contributed by atoms with Gasteiger partial charge in [-0.2, -0.15) is 9.78 Å². The van der Waals surface area contributed by atoms with Crippen molar-refractivity contribution in [3.63, 3.8) is 0 Å². The van der Waals surface area contributed by atoms with Gasteiger partial charge in [0.1, 0.15) is 11.9 Å². The van der Waals surface area contributed by atoms with Crippen molar-refractivity contribution >= 4 is 17.5 Å². The largest absolute Gasteiger partial charge is 0.371 e. The van der Waals surface area contributed by atoms with Crippen LogP contribution in [0.4, 0.5) is 14.9 Å². The number of hydrogen-bond acceptors (Lipinski definition) is 5. The molecule has 0 saturated carbocycles. The van der Waals surface area contributed by atoms with Gasteiger partial charge in [0.15, 0.2) is 5.78 Å². The number of aryl methyl sites for hydroxylation is 1. The lowest BCUT2D eigenvalue weighted by atomic mass is 9.84. The van der Waals surface area contributed by atoms with Crippen LogP contribution in [0.2, 0.25) is 0 Å². The van der Waals surface area contributed by atoms with Gasteiger partial charge in [-0.1, -0.05) is 12.1 Å². The summed E-state index contributed by atoms with van der Waals surface area (Å²) >= 11 is 0. The van der Waals surface area contributed by atoms with E-state index in [1.165, 1.54) is 34.8 Å². The summed E-state index contributed by atoms with van der Waals surface area (Å²) in [6, 6.07) is 8.14. The van der Waals surface area contributed by atoms with Gasteiger partial charge in [-0.25, -0.2) is 9.18 Å². The van der Waals surface area contributed by atoms with E-state index in [9.17, 15) is 14.0 Å². The molecule has 3 fully saturated rings. The van der Waals surface area contributed by atoms with E-state index >= 15 is 0 Å². The summed E-state index contributed by atoms with van der Waals surface area (Å²) in [5.41, 5.74) is 4.24. The molecule has 4 heterocycles. The van der Waals surface area contributed by atoms with Gasteiger partial charge in [0, 0.05) is 57.1 Å². The average molecular weight is 482 g/mol. The minimum Gasteiger partial charge on any atom is -0.371 e. The number of ketones is 1. The molecule has 8 heteroatoms. The fourth-order valence-corrected chi connectivity index (χ4v) is 6.08. The molecule has 35 heavy (non-hydrogen) atoms. The lowest BCUT2D eigenvalue weighted by Gasteiger charge is -2.45. The van der Waals surface area contributed by atoms with Gasteiger partial charge >= 0.3 is 6.03 Å². The molecule has 3 aliphatic heterocycles. The summed E-state index contributed by atoms with van der Waals surface area (Å²) in [5.74, 6) is -0.139. The molecule has 1 aromatic carbocycles. The van der Waals surface area contributed by atoms with Crippen LogP contribution in [0.3, 0.4) is 0 Å². The van der Waals surface area contributed by atoms with Crippen molar-refractivity contribution < 1.29 is 14.0 Å². The van der Waals surface area contributed by atoms with E-state index in [0.717, 1.165) is 45.4 Å². The number of amides is 1. The first-order valence-corrected chi connectivity index (χ1v) is 12.9. The van der Waals surface area contributed by atoms with E-state index < -0.39 is 6.17 Å². The van der Waals surface area contributed by atoms with Crippen molar-refractivity contribution in [2.24, 2.45) is 0 Å². The number of Topliss-reactive ketones (excluding diaryl/α,β-unsaturated/α-hetero) is 1. The van der Waals surface area contributed by atoms with Gasteiger partial charge < -0.3 is 9.80 Å². The molecule has 2 aromatic rings. The number of piperidine rings is 2. The Morgan fingerprint density at radius 2 is 1.80 bits per heavy atom. The van der Waals surface area contributed by atoms with Gasteiger partial charge in [-0.05, 0) is 75.3 Å². The Hall–Kier alpha value is -2.74. The Morgan fingerprint density at radius 3 is 2.49 bits per heavy atom. The molecule has 1 amide bonds. The number of aromatic nitrogens is 2. The number of nitrogens with zero attached hydrogens (tertiary/aromatic N) is 5. The molecule has 0 N–H and O–H groups in total. The van der Waals surface area contributed by atoms with Crippen LogP contribution in [0.25, 0.3) is 0 Å². The topological polar surface area (TPSA) is 61.7 Å². The summed E-state index contributed by atoms with van der Waals surface area (Å²) in [7, 11) is 0. The number of hydrogen-bond donors (Lipinski definition) is 0. The Bertz CT molecular complexity index is 1080. The maximum Gasteiger partial charge on any atom is 0.344 e. The van der Waals surface area contributed by atoms with Gasteiger partial charge in [0.2, 0.25) is 0 Å². The Morgan fingerprint density at radius 1 is 1.06 bits per heavy atom. The zero-order chi connectivity index (χ0) is 24.6. The number of carbonyl (C=O) groups excluding carboxylic acids is 2. The molecule has 7 nitrogen and oxygen atoms in total. The van der Waals surface area contributed by atoms with Crippen molar-refractivity contribution in [1.29, 1.82) is 0 Å². The Labute approximate surface area is 206 Å². The number of benzene rings is 1. The van der Waals surface area contributed by atoms with Gasteiger partial charge in [0.25, 0.3) is 0 Å². The van der Waals surface area contributed by atoms with E-state index in [4.69, 9.17) is 0 Å². The molecule has 188 valence electrons. The first-order chi connectivity index (χ1) is 16.8. The molecule has 5 rings (SSSR count). The van der Waals surface area contributed by atoms with Gasteiger partial charge in [-0.3, -0.25) is 9.69 Å². The highest BCUT2D eigenvalue weighted by molar-refractivity contribution is 5.92. The molecule has 0 bridgehead atoms. The molecule has 0 unspecified atom stereocenters. The second-order valence-electron chi connectivity index (χ2n) is 10.5. The maximum atomic E-state index is 13.8. The van der Waals surface area contributed by atoms with Crippen LogP contribution in [0, 0.1) is 6.92 Å². The predicted molar refractivity (Wildman–Crippen MR) is 134 cm³/mol. The molecule has 0 atom stereocenters. The number of alkyl halides is 1. The number of rotatable bonds is 4. The highest BCUT2D eigenvalue weighted by atomic mass is 19.1. The molecule has 0 aliphatic carbocycles. The molecule has 3 aliphatic rings. The molecular formula is C27H36FN5O2. The summed E-state index contributed by atoms with van der Waals surface area (Å²) in [6.07, 6.45) is 6.32. The Kier molecular flexibility index (Phi) is 6.66. The smallest absolute Gasteiger partial charge is 0.344 e. The van der Waals surface area contributed by atoms with Crippen molar-refractivity contribution in [2.45, 2.75) is 70.6 Å². The summed E-state index contributed by atoms with van der Waals surface area (Å²) in [5, 5.41) is 4.15. The zero-order valence-electron chi connectivity index (χ0n) is 20.9. The van der Waals surface area contributed by atoms with Crippen LogP contribution in [0.5, 0.6) is 0 Å². The van der Waals surface area contributed by atoms with Crippen LogP contribution >= 0.6 is 0 Å². The maximum absolute atomic E-state index is 13.8. The predicted octanol–water partition coefficient (Wildman–Crippen LogP) is 4.43. The number of anilines is 1. The Balaban J connectivity index is 1.27. The van der Waals surface area contributed by atoms with Crippen molar-refractivity contribution in [2.75, 3.05) is 37.6 Å². The van der Waals surface area contributed by atoms with Gasteiger partial charge in [0.05, 0.1) is 0 Å². The van der Waals surface area contributed by atoms with E-state index in [1.807, 2.05) is 4.90 Å². The van der Waals surface area contributed by atoms with Crippen LogP contribution < -0.4 is 4.90 Å². The molecule has 0 radical (unpaired) electrons. The summed E-state index contributed by atoms with van der Waals surface area (Å²) in [6.45, 7) is 8.47. The van der Waals surface area contributed by atoms with E-state index in [-0.39, 0.29) is 17.4 Å². The molecular weight excluding hydrogens is 445 g/mol. The SMILES string of the molecule is CC(=O)c1ccn(C(=O)N2CCC3(CCCN3Cc3ccc(C)cc3N3CCC(F)CC3)CC2)n1. The molecule has 1 aromatic heterocycles. The van der Waals surface area contributed by atoms with Crippen LogP contribution in [-0.2, 0) is 6.54 Å². The number of carbonyl (C=O) groups is 2. The van der Waals surface area contributed by atoms with E-state index in [2.05, 4.69) is 40.0 Å². The summed E-state index contributed by atoms with van der Waals surface area (Å²) in [4.78, 5) is 31.4. The first kappa shape index (κ1) is 24.0. The first-order valence-electron chi connectivity index (χ1n) is 12.9. The van der Waals surface area contributed by atoms with Crippen LogP contribution in [-0.4, -0.2) is 75.8 Å². The standard InChI is InChI=1S/C27H36FN5O2/c1-20-4-5-22(25(18-20)30-13-6-23(28)7-14-30)19-32-12-3-9-27(32)10-16-31(17-11-27)26(35)33-15-8-24(29-33)21(2)34/h4-5,8,15,18,23H,3,6-7,9-14,16-17,19H2,1-2H3. The third-order valence-electron chi connectivity index (χ3n) is 8.22. The van der Waals surface area contributed by atoms with Crippen LogP contribution in [0.15, 0.2) is 30.5 Å². The third kappa shape index (κ3) is 4.85. The highest BCUT2D eigenvalue weighted by Crippen LogP contribution is 2.40. The number of likely N-dealkylation sites (tertiary alicyclic amines) is 2. The second kappa shape index (κ2) is 9.72. The lowest BCUT2D eigenvalue weighted by molar-refractivity contribution is 0.0585. The fourth-order valence-electron chi connectivity index (χ4n) is 6.08. The average Bonchev–Trinajstić information content (AvgIpc) is 3.49. The van der Waals surface area contributed by atoms with Crippen molar-refractivity contribution in [3.05, 3.63) is 47.3 Å². The monoisotopic (exact) mass is 481 g/mol. The van der Waals surface area contributed by atoms with E-state index in [1.54, 1.807) is 12.3 Å². The van der Waals surface area contributed by atoms with E-state index in [0.29, 0.717) is 31.6 Å². The second-order valence-corrected chi connectivity index (χ2v) is 10.5. The zero-order valence-corrected chi connectivity index (χ0v) is 20.9. The minimum atomic E-state index is -0.676. The quantitative estimate of drug-likeness (QED) is 0.605. The van der Waals surface area contributed by atoms with Crippen LogP contribution in [0.1, 0.15) is 67.1 Å². The molecule has 3 saturated heterocycles. The minimum absolute atomic E-state index is 0.111. The number of halogens is 1. The van der Waals surface area contributed by atoms with Crippen molar-refractivity contribution in [1.82, 2.24) is 19.6 Å². The molecule has 1 spiro atoms. The fraction of sp³-hybridized carbons (Fsp3) is 0.593. The van der Waals surface area contributed by atoms with Gasteiger partial charge in [-0.15, -0.1) is 0 Å². The third-order valence-corrected chi connectivity index (χ3v) is 8.22. The highest BCUT2D eigenvalue weighted by Gasteiger charge is 2.44. The summed E-state index contributed by atoms with van der Waals surface area (Å²) < 4.78 is 15.1.